The average Bonchev–Trinajstić information content (AvgIpc) is 3.75. The zero-order chi connectivity index (χ0) is 49.2. The SMILES string of the molecule is CCOP(=O)(OCC)C(Nc1ccc(CC(=O)OC2(CC)C(=O)OCc3c2cc2n(c3=O)Cc3c-2nc2ccc(OC(=O)N4CCC(N5CCCCC5)CC4)cc2c3CC)cc1)c1ccc(OC)cc1. The van der Waals surface area contributed by atoms with Gasteiger partial charge in [0.05, 0.1) is 55.8 Å². The number of hydrogen-bond acceptors (Lipinski definition) is 14. The fraction of sp³-hybridized carbons (Fsp3) is 0.453. The van der Waals surface area contributed by atoms with E-state index in [1.54, 1.807) is 98.0 Å². The summed E-state index contributed by atoms with van der Waals surface area (Å²) >= 11 is 0. The smallest absolute Gasteiger partial charge is 0.415 e. The molecule has 9 rings (SSSR count). The Kier molecular flexibility index (Phi) is 14.5. The van der Waals surface area contributed by atoms with Gasteiger partial charge in [-0.15, -0.1) is 0 Å². The second kappa shape index (κ2) is 20.7. The topological polar surface area (TPSA) is 177 Å². The molecule has 0 bridgehead atoms. The molecule has 0 spiro atoms. The van der Waals surface area contributed by atoms with Crippen LogP contribution in [0.15, 0.2) is 77.6 Å². The summed E-state index contributed by atoms with van der Waals surface area (Å²) in [7, 11) is -2.14. The normalized spacial score (nSPS) is 18.6. The number of amides is 1. The molecule has 0 aliphatic carbocycles. The van der Waals surface area contributed by atoms with Crippen LogP contribution >= 0.6 is 7.60 Å². The summed E-state index contributed by atoms with van der Waals surface area (Å²) < 4.78 is 50.3. The third kappa shape index (κ3) is 9.46. The Morgan fingerprint density at radius 2 is 1.57 bits per heavy atom. The highest BCUT2D eigenvalue weighted by molar-refractivity contribution is 7.54. The number of benzene rings is 3. The third-order valence-corrected chi connectivity index (χ3v) is 16.5. The van der Waals surface area contributed by atoms with E-state index in [1.807, 2.05) is 19.1 Å². The zero-order valence-corrected chi connectivity index (χ0v) is 41.5. The van der Waals surface area contributed by atoms with Crippen LogP contribution in [0.5, 0.6) is 11.5 Å². The van der Waals surface area contributed by atoms with Gasteiger partial charge in [0, 0.05) is 41.3 Å². The molecule has 3 aromatic carbocycles. The highest BCUT2D eigenvalue weighted by Gasteiger charge is 2.50. The summed E-state index contributed by atoms with van der Waals surface area (Å²) in [5.74, 6) is -1.25. The Hall–Kier alpha value is -6.06. The molecule has 2 fully saturated rings. The molecule has 2 aromatic heterocycles. The predicted octanol–water partition coefficient (Wildman–Crippen LogP) is 9.27. The fourth-order valence-corrected chi connectivity index (χ4v) is 12.5. The van der Waals surface area contributed by atoms with Crippen molar-refractivity contribution in [2.75, 3.05) is 51.8 Å². The van der Waals surface area contributed by atoms with E-state index in [1.165, 1.54) is 19.3 Å². The number of rotatable bonds is 16. The van der Waals surface area contributed by atoms with Crippen LogP contribution < -0.4 is 20.3 Å². The number of esters is 2. The second-order valence-corrected chi connectivity index (χ2v) is 20.4. The first-order chi connectivity index (χ1) is 33.9. The van der Waals surface area contributed by atoms with Crippen molar-refractivity contribution in [3.05, 3.63) is 117 Å². The number of cyclic esters (lactones) is 1. The molecule has 6 heterocycles. The minimum absolute atomic E-state index is 0.0129. The van der Waals surface area contributed by atoms with E-state index < -0.39 is 30.9 Å². The number of nitrogens with zero attached hydrogens (tertiary/aromatic N) is 4. The molecule has 16 nitrogen and oxygen atoms in total. The standard InChI is InChI=1S/C53H62N5O11P/c1-6-40-41-30-39(68-52(62)57-27-23-37(24-28-57)56-25-11-10-12-26-56)21-22-45(41)55-48-42(40)32-58-46(48)31-44-43(50(58)60)33-65-51(61)53(44,7-2)69-47(59)29-34-13-17-36(18-14-34)54-49(70(63,66-8-3)67-9-4)35-15-19-38(64-5)20-16-35/h13-22,30-31,37,49,54H,6-12,23-29,32-33H2,1-5H3. The maximum absolute atomic E-state index is 14.4. The Labute approximate surface area is 408 Å². The van der Waals surface area contributed by atoms with Crippen molar-refractivity contribution < 1.29 is 46.9 Å². The lowest BCUT2D eigenvalue weighted by atomic mass is 9.85. The van der Waals surface area contributed by atoms with Crippen LogP contribution in [0, 0.1) is 0 Å². The number of aryl methyl sites for hydroxylation is 1. The zero-order valence-electron chi connectivity index (χ0n) is 40.6. The fourth-order valence-electron chi connectivity index (χ4n) is 10.6. The summed E-state index contributed by atoms with van der Waals surface area (Å²) in [5, 5.41) is 4.14. The van der Waals surface area contributed by atoms with Crippen LogP contribution in [0.1, 0.15) is 105 Å². The lowest BCUT2D eigenvalue weighted by Crippen LogP contribution is -2.48. The Balaban J connectivity index is 0.933. The Morgan fingerprint density at radius 3 is 2.23 bits per heavy atom. The molecule has 0 saturated carbocycles. The number of nitrogens with one attached hydrogen (secondary N) is 1. The lowest BCUT2D eigenvalue weighted by Gasteiger charge is -2.39. The third-order valence-electron chi connectivity index (χ3n) is 14.2. The van der Waals surface area contributed by atoms with E-state index in [9.17, 15) is 23.7 Å². The van der Waals surface area contributed by atoms with Gasteiger partial charge in [-0.1, -0.05) is 44.5 Å². The molecule has 0 radical (unpaired) electrons. The van der Waals surface area contributed by atoms with Gasteiger partial charge in [-0.3, -0.25) is 14.2 Å². The summed E-state index contributed by atoms with van der Waals surface area (Å²) in [5.41, 5.74) is 3.71. The lowest BCUT2D eigenvalue weighted by molar-refractivity contribution is -0.189. The molecule has 1 amide bonds. The molecular weight excluding hydrogens is 914 g/mol. The number of pyridine rings is 2. The van der Waals surface area contributed by atoms with E-state index >= 15 is 0 Å². The molecule has 5 aromatic rings. The van der Waals surface area contributed by atoms with Gasteiger partial charge in [-0.05, 0) is 131 Å². The van der Waals surface area contributed by atoms with E-state index in [2.05, 4.69) is 10.2 Å². The molecule has 4 aliphatic rings. The van der Waals surface area contributed by atoms with Crippen molar-refractivity contribution in [3.8, 4) is 22.9 Å². The molecule has 17 heteroatoms. The molecule has 2 saturated heterocycles. The maximum Gasteiger partial charge on any atom is 0.415 e. The summed E-state index contributed by atoms with van der Waals surface area (Å²) in [6, 6.07) is 21.8. The molecule has 70 heavy (non-hydrogen) atoms. The molecule has 1 N–H and O–H groups in total. The summed E-state index contributed by atoms with van der Waals surface area (Å²) in [6.45, 7) is 11.2. The van der Waals surface area contributed by atoms with Crippen LogP contribution in [-0.2, 0) is 64.3 Å². The maximum atomic E-state index is 14.4. The van der Waals surface area contributed by atoms with E-state index in [4.69, 9.17) is 33.0 Å². The van der Waals surface area contributed by atoms with Crippen LogP contribution in [0.2, 0.25) is 0 Å². The number of hydrogen-bond donors (Lipinski definition) is 1. The molecule has 4 aliphatic heterocycles. The number of methoxy groups -OCH3 is 1. The number of carbonyl (C=O) groups excluding carboxylic acids is 3. The number of piperidine rings is 2. The molecule has 2 unspecified atom stereocenters. The van der Waals surface area contributed by atoms with Gasteiger partial charge < -0.3 is 47.7 Å². The Morgan fingerprint density at radius 1 is 0.871 bits per heavy atom. The van der Waals surface area contributed by atoms with Crippen LogP contribution in [0.25, 0.3) is 22.3 Å². The molecule has 370 valence electrons. The van der Waals surface area contributed by atoms with Crippen LogP contribution in [0.4, 0.5) is 10.5 Å². The Bertz CT molecular complexity index is 2860. The van der Waals surface area contributed by atoms with Crippen molar-refractivity contribution in [3.63, 3.8) is 0 Å². The van der Waals surface area contributed by atoms with Gasteiger partial charge in [-0.25, -0.2) is 14.6 Å². The van der Waals surface area contributed by atoms with E-state index in [0.717, 1.165) is 42.4 Å². The van der Waals surface area contributed by atoms with Gasteiger partial charge in [-0.2, -0.15) is 0 Å². The predicted molar refractivity (Wildman–Crippen MR) is 264 cm³/mol. The number of aromatic nitrogens is 2. The average molecular weight is 976 g/mol. The van der Waals surface area contributed by atoms with E-state index in [-0.39, 0.29) is 62.0 Å². The minimum Gasteiger partial charge on any atom is -0.497 e. The van der Waals surface area contributed by atoms with Gasteiger partial charge in [0.25, 0.3) is 5.56 Å². The van der Waals surface area contributed by atoms with Crippen LogP contribution in [-0.4, -0.2) is 89.9 Å². The first kappa shape index (κ1) is 48.9. The quantitative estimate of drug-likeness (QED) is 0.0717. The van der Waals surface area contributed by atoms with Gasteiger partial charge in [0.2, 0.25) is 5.60 Å². The molecular formula is C53H62N5O11P. The summed E-state index contributed by atoms with van der Waals surface area (Å²) in [6.07, 6.45) is 5.73. The van der Waals surface area contributed by atoms with Crippen molar-refractivity contribution in [2.45, 2.75) is 110 Å². The second-order valence-electron chi connectivity index (χ2n) is 18.2. The minimum atomic E-state index is -3.71. The van der Waals surface area contributed by atoms with Crippen LogP contribution in [0.3, 0.4) is 0 Å². The van der Waals surface area contributed by atoms with Gasteiger partial charge in [0.15, 0.2) is 5.78 Å². The van der Waals surface area contributed by atoms with E-state index in [0.29, 0.717) is 70.8 Å². The number of ether oxygens (including phenoxy) is 4. The monoisotopic (exact) mass is 975 g/mol. The van der Waals surface area contributed by atoms with Crippen molar-refractivity contribution in [2.24, 2.45) is 0 Å². The number of carbonyl (C=O) groups is 3. The molecule has 2 atom stereocenters. The van der Waals surface area contributed by atoms with Crippen molar-refractivity contribution >= 4 is 42.2 Å². The summed E-state index contributed by atoms with van der Waals surface area (Å²) in [4.78, 5) is 65.1. The van der Waals surface area contributed by atoms with Gasteiger partial charge >= 0.3 is 25.6 Å². The van der Waals surface area contributed by atoms with Crippen molar-refractivity contribution in [1.82, 2.24) is 19.4 Å². The van der Waals surface area contributed by atoms with Crippen molar-refractivity contribution in [1.29, 1.82) is 0 Å². The number of likely N-dealkylation sites (tertiary alicyclic amines) is 2. The highest BCUT2D eigenvalue weighted by Crippen LogP contribution is 2.61. The largest absolute Gasteiger partial charge is 0.497 e. The first-order valence-corrected chi connectivity index (χ1v) is 26.2. The number of anilines is 1. The number of fused-ring (bicyclic) bond motifs is 5. The van der Waals surface area contributed by atoms with Gasteiger partial charge in [0.1, 0.15) is 18.1 Å². The first-order valence-electron chi connectivity index (χ1n) is 24.6. The highest BCUT2D eigenvalue weighted by atomic mass is 31.2.